The zero-order chi connectivity index (χ0) is 30.3. The Hall–Kier alpha value is -4.66. The molecule has 3 aliphatic rings. The SMILES string of the molecule is CN1C(=O)c2c(nn(Cc3ccc(-c4cccc(F)n4)cc3)c2Nc2ccccc2)N2C1=N[C@@H]1CCC[C@@H]12.O=S(=O)(O)O. The Bertz CT molecular complexity index is 1800. The Morgan fingerprint density at radius 3 is 2.42 bits per heavy atom. The van der Waals surface area contributed by atoms with Crippen molar-refractivity contribution >= 4 is 39.6 Å². The molecule has 1 saturated carbocycles. The second-order valence-electron chi connectivity index (χ2n) is 10.4. The molecule has 14 heteroatoms. The number of anilines is 3. The van der Waals surface area contributed by atoms with Gasteiger partial charge < -0.3 is 5.32 Å². The molecule has 2 atom stereocenters. The van der Waals surface area contributed by atoms with Crippen LogP contribution in [0.15, 0.2) is 77.8 Å². The first-order chi connectivity index (χ1) is 20.6. The van der Waals surface area contributed by atoms with Gasteiger partial charge in [-0.1, -0.05) is 48.5 Å². The van der Waals surface area contributed by atoms with Gasteiger partial charge in [-0.25, -0.2) is 14.7 Å². The normalized spacial score (nSPS) is 18.8. The highest BCUT2D eigenvalue weighted by atomic mass is 32.3. The van der Waals surface area contributed by atoms with E-state index >= 15 is 0 Å². The summed E-state index contributed by atoms with van der Waals surface area (Å²) in [5.41, 5.74) is 3.84. The standard InChI is InChI=1S/C29H26FN7O.H2O4S/c1-35-28(38)25-26(31-20-7-3-2-4-8-20)36(34-27(25)37-23-11-5-10-22(23)33-29(35)37)17-18-13-15-19(16-14-18)21-9-6-12-24(30)32-21;1-5(2,3)4/h2-4,6-9,12-16,22-23,31H,5,10-11,17H2,1H3;(H2,1,2,3,4)/t22-,23+;/m1./s1. The van der Waals surface area contributed by atoms with Crippen LogP contribution in [0, 0.1) is 5.95 Å². The van der Waals surface area contributed by atoms with Crippen LogP contribution in [-0.2, 0) is 16.9 Å². The lowest BCUT2D eigenvalue weighted by atomic mass is 10.1. The van der Waals surface area contributed by atoms with Gasteiger partial charge in [-0.15, -0.1) is 0 Å². The number of carbonyl (C=O) groups is 1. The van der Waals surface area contributed by atoms with Crippen molar-refractivity contribution in [2.75, 3.05) is 17.3 Å². The number of aliphatic imine (C=N–C) groups is 1. The van der Waals surface area contributed by atoms with Gasteiger partial charge in [0.05, 0.1) is 24.3 Å². The zero-order valence-corrected chi connectivity index (χ0v) is 23.8. The van der Waals surface area contributed by atoms with Crippen molar-refractivity contribution in [1.29, 1.82) is 0 Å². The van der Waals surface area contributed by atoms with Gasteiger partial charge in [0.2, 0.25) is 11.9 Å². The number of fused-ring (bicyclic) bond motifs is 5. The van der Waals surface area contributed by atoms with E-state index in [9.17, 15) is 9.18 Å². The molecule has 1 fully saturated rings. The summed E-state index contributed by atoms with van der Waals surface area (Å²) in [6, 6.07) is 22.8. The van der Waals surface area contributed by atoms with E-state index in [1.165, 1.54) is 6.07 Å². The van der Waals surface area contributed by atoms with Gasteiger partial charge in [0.25, 0.3) is 5.91 Å². The van der Waals surface area contributed by atoms with Gasteiger partial charge in [-0.05, 0) is 49.1 Å². The minimum absolute atomic E-state index is 0.118. The summed E-state index contributed by atoms with van der Waals surface area (Å²) in [4.78, 5) is 26.4. The predicted octanol–water partition coefficient (Wildman–Crippen LogP) is 4.41. The van der Waals surface area contributed by atoms with Gasteiger partial charge in [-0.3, -0.25) is 23.7 Å². The molecule has 0 unspecified atom stereocenters. The monoisotopic (exact) mass is 605 g/mol. The van der Waals surface area contributed by atoms with Gasteiger partial charge in [0.15, 0.2) is 5.82 Å². The number of amides is 1. The Morgan fingerprint density at radius 2 is 1.72 bits per heavy atom. The average Bonchev–Trinajstić information content (AvgIpc) is 3.66. The molecule has 7 rings (SSSR count). The topological polar surface area (TPSA) is 153 Å². The van der Waals surface area contributed by atoms with E-state index < -0.39 is 16.3 Å². The van der Waals surface area contributed by atoms with Crippen LogP contribution >= 0.6 is 0 Å². The fourth-order valence-corrected chi connectivity index (χ4v) is 5.73. The van der Waals surface area contributed by atoms with Crippen LogP contribution in [0.2, 0.25) is 0 Å². The molecule has 4 heterocycles. The minimum atomic E-state index is -4.67. The second-order valence-corrected chi connectivity index (χ2v) is 11.3. The largest absolute Gasteiger partial charge is 0.394 e. The fourth-order valence-electron chi connectivity index (χ4n) is 5.73. The molecule has 4 aromatic rings. The molecule has 0 spiro atoms. The Balaban J connectivity index is 0.000000611. The molecule has 1 aliphatic carbocycles. The highest BCUT2D eigenvalue weighted by Gasteiger charge is 2.49. The molecule has 0 bridgehead atoms. The fraction of sp³-hybridized carbons (Fsp3) is 0.241. The third-order valence-corrected chi connectivity index (χ3v) is 7.59. The van der Waals surface area contributed by atoms with Gasteiger partial charge in [-0.2, -0.15) is 17.9 Å². The van der Waals surface area contributed by atoms with Crippen LogP contribution in [0.1, 0.15) is 35.2 Å². The predicted molar refractivity (Wildman–Crippen MR) is 158 cm³/mol. The summed E-state index contributed by atoms with van der Waals surface area (Å²) in [5.74, 6) is 1.39. The number of rotatable bonds is 5. The lowest BCUT2D eigenvalue weighted by Crippen LogP contribution is -2.51. The molecule has 1 amide bonds. The summed E-state index contributed by atoms with van der Waals surface area (Å²) in [5, 5.41) is 8.48. The number of pyridine rings is 1. The highest BCUT2D eigenvalue weighted by Crippen LogP contribution is 2.43. The van der Waals surface area contributed by atoms with Crippen molar-refractivity contribution in [2.45, 2.75) is 37.9 Å². The molecular formula is C29H28FN7O5S. The smallest absolute Gasteiger partial charge is 0.340 e. The lowest BCUT2D eigenvalue weighted by Gasteiger charge is -2.34. The third-order valence-electron chi connectivity index (χ3n) is 7.59. The number of nitrogens with zero attached hydrogens (tertiary/aromatic N) is 6. The van der Waals surface area contributed by atoms with Crippen LogP contribution < -0.4 is 10.2 Å². The number of hydrogen-bond acceptors (Lipinski definition) is 8. The zero-order valence-electron chi connectivity index (χ0n) is 23.0. The third kappa shape index (κ3) is 5.84. The highest BCUT2D eigenvalue weighted by molar-refractivity contribution is 7.79. The quantitative estimate of drug-likeness (QED) is 0.222. The molecule has 0 saturated heterocycles. The Labute approximate surface area is 247 Å². The molecule has 2 aromatic carbocycles. The molecule has 43 heavy (non-hydrogen) atoms. The van der Waals surface area contributed by atoms with E-state index in [1.807, 2.05) is 59.3 Å². The van der Waals surface area contributed by atoms with Crippen molar-refractivity contribution in [3.8, 4) is 11.3 Å². The molecule has 3 N–H and O–H groups in total. The maximum atomic E-state index is 13.7. The summed E-state index contributed by atoms with van der Waals surface area (Å²) < 4.78 is 47.1. The number of benzene rings is 2. The number of aromatic nitrogens is 3. The molecule has 2 aliphatic heterocycles. The second kappa shape index (κ2) is 11.2. The number of para-hydroxylation sites is 1. The maximum absolute atomic E-state index is 13.7. The van der Waals surface area contributed by atoms with Crippen LogP contribution in [-0.4, -0.2) is 68.2 Å². The van der Waals surface area contributed by atoms with E-state index in [0.717, 1.165) is 36.1 Å². The van der Waals surface area contributed by atoms with Gasteiger partial charge >= 0.3 is 10.4 Å². The van der Waals surface area contributed by atoms with E-state index in [4.69, 9.17) is 27.6 Å². The van der Waals surface area contributed by atoms with Crippen molar-refractivity contribution in [1.82, 2.24) is 19.7 Å². The maximum Gasteiger partial charge on any atom is 0.394 e. The van der Waals surface area contributed by atoms with E-state index in [-0.39, 0.29) is 18.0 Å². The minimum Gasteiger partial charge on any atom is -0.340 e. The van der Waals surface area contributed by atoms with E-state index in [1.54, 1.807) is 24.1 Å². The van der Waals surface area contributed by atoms with Crippen LogP contribution in [0.25, 0.3) is 11.3 Å². The number of hydrogen-bond donors (Lipinski definition) is 3. The Kier molecular flexibility index (Phi) is 7.42. The van der Waals surface area contributed by atoms with Crippen molar-refractivity contribution < 1.29 is 26.7 Å². The van der Waals surface area contributed by atoms with Crippen molar-refractivity contribution in [2.24, 2.45) is 4.99 Å². The number of carbonyl (C=O) groups excluding carboxylic acids is 1. The number of halogens is 1. The van der Waals surface area contributed by atoms with Crippen LogP contribution in [0.5, 0.6) is 0 Å². The van der Waals surface area contributed by atoms with Crippen LogP contribution in [0.4, 0.5) is 21.7 Å². The lowest BCUT2D eigenvalue weighted by molar-refractivity contribution is 0.0865. The van der Waals surface area contributed by atoms with Crippen molar-refractivity contribution in [3.05, 3.63) is 89.9 Å². The van der Waals surface area contributed by atoms with Gasteiger partial charge in [0, 0.05) is 18.3 Å². The van der Waals surface area contributed by atoms with Gasteiger partial charge in [0.1, 0.15) is 11.4 Å². The summed E-state index contributed by atoms with van der Waals surface area (Å²) in [6.45, 7) is 0.449. The first-order valence-corrected chi connectivity index (χ1v) is 15.0. The van der Waals surface area contributed by atoms with E-state index in [0.29, 0.717) is 35.4 Å². The summed E-state index contributed by atoms with van der Waals surface area (Å²) in [6.07, 6.45) is 3.19. The molecule has 222 valence electrons. The summed E-state index contributed by atoms with van der Waals surface area (Å²) >= 11 is 0. The molecule has 12 nitrogen and oxygen atoms in total. The van der Waals surface area contributed by atoms with Crippen LogP contribution in [0.3, 0.4) is 0 Å². The molecule has 2 aromatic heterocycles. The first-order valence-electron chi connectivity index (χ1n) is 13.6. The average molecular weight is 606 g/mol. The molecule has 0 radical (unpaired) electrons. The Morgan fingerprint density at radius 1 is 1.00 bits per heavy atom. The number of nitrogens with one attached hydrogen (secondary N) is 1. The number of guanidine groups is 1. The van der Waals surface area contributed by atoms with Crippen molar-refractivity contribution in [3.63, 3.8) is 0 Å². The molecular weight excluding hydrogens is 577 g/mol. The summed E-state index contributed by atoms with van der Waals surface area (Å²) in [7, 11) is -2.87. The van der Waals surface area contributed by atoms with E-state index in [2.05, 4.69) is 15.2 Å². The first kappa shape index (κ1) is 28.5.